The molecule has 0 unspecified atom stereocenters. The second kappa shape index (κ2) is 9.15. The van der Waals surface area contributed by atoms with Crippen LogP contribution in [0.5, 0.6) is 0 Å². The van der Waals surface area contributed by atoms with Gasteiger partial charge in [0.05, 0.1) is 24.3 Å². The third-order valence-corrected chi connectivity index (χ3v) is 1.88. The van der Waals surface area contributed by atoms with Crippen molar-refractivity contribution in [2.24, 2.45) is 0 Å². The monoisotopic (exact) mass is 256 g/mol. The van der Waals surface area contributed by atoms with Gasteiger partial charge in [0.2, 0.25) is 0 Å². The Morgan fingerprint density at radius 2 is 1.28 bits per heavy atom. The molecule has 0 amide bonds. The molecule has 6 nitrogen and oxygen atoms in total. The molecule has 0 saturated heterocycles. The van der Waals surface area contributed by atoms with Crippen LogP contribution in [0, 0.1) is 0 Å². The van der Waals surface area contributed by atoms with Crippen LogP contribution in [0.1, 0.15) is 20.7 Å². The van der Waals surface area contributed by atoms with Crippen molar-refractivity contribution in [3.8, 4) is 0 Å². The lowest BCUT2D eigenvalue weighted by Crippen LogP contribution is -2.06. The lowest BCUT2D eigenvalue weighted by Gasteiger charge is -1.98. The minimum atomic E-state index is -1.23. The molecular formula is C12H16O6. The maximum Gasteiger partial charge on any atom is 0.336 e. The number of benzene rings is 1. The van der Waals surface area contributed by atoms with E-state index in [-0.39, 0.29) is 11.1 Å². The highest BCUT2D eigenvalue weighted by atomic mass is 16.5. The molecule has 100 valence electrons. The average molecular weight is 256 g/mol. The Morgan fingerprint density at radius 1 is 0.944 bits per heavy atom. The van der Waals surface area contributed by atoms with E-state index in [0.29, 0.717) is 13.2 Å². The number of hydrogen-bond donors (Lipinski definition) is 2. The Hall–Kier alpha value is -1.92. The van der Waals surface area contributed by atoms with Crippen molar-refractivity contribution in [1.82, 2.24) is 0 Å². The number of methoxy groups -OCH3 is 2. The van der Waals surface area contributed by atoms with Gasteiger partial charge in [0.25, 0.3) is 0 Å². The van der Waals surface area contributed by atoms with Crippen LogP contribution in [0.3, 0.4) is 0 Å². The lowest BCUT2D eigenvalue weighted by atomic mass is 10.1. The Balaban J connectivity index is 0.000000411. The van der Waals surface area contributed by atoms with Crippen molar-refractivity contribution >= 4 is 11.9 Å². The summed E-state index contributed by atoms with van der Waals surface area (Å²) in [5.74, 6) is -2.46. The molecule has 0 aromatic heterocycles. The first-order valence-corrected chi connectivity index (χ1v) is 5.08. The molecule has 0 radical (unpaired) electrons. The minimum Gasteiger partial charge on any atom is -0.478 e. The normalized spacial score (nSPS) is 9.22. The topological polar surface area (TPSA) is 93.1 Å². The first-order chi connectivity index (χ1) is 8.54. The molecule has 0 spiro atoms. The highest BCUT2D eigenvalue weighted by Crippen LogP contribution is 2.07. The molecule has 0 saturated carbocycles. The van der Waals surface area contributed by atoms with Crippen LogP contribution < -0.4 is 0 Å². The molecule has 1 aromatic rings. The van der Waals surface area contributed by atoms with Crippen molar-refractivity contribution < 1.29 is 29.3 Å². The lowest BCUT2D eigenvalue weighted by molar-refractivity contribution is 0.0651. The van der Waals surface area contributed by atoms with Crippen molar-refractivity contribution in [3.63, 3.8) is 0 Å². The quantitative estimate of drug-likeness (QED) is 0.773. The van der Waals surface area contributed by atoms with Gasteiger partial charge in [-0.15, -0.1) is 0 Å². The molecule has 0 aliphatic heterocycles. The molecule has 6 heteroatoms. The molecule has 0 aliphatic carbocycles. The standard InChI is InChI=1S/C8H6O4.C4H10O2/c9-7(10)5-3-1-2-4-6(5)8(11)12;1-5-3-4-6-2/h1-4H,(H,9,10)(H,11,12);3-4H2,1-2H3. The number of aromatic carboxylic acids is 2. The highest BCUT2D eigenvalue weighted by molar-refractivity contribution is 6.01. The van der Waals surface area contributed by atoms with Crippen LogP contribution in [0.25, 0.3) is 0 Å². The van der Waals surface area contributed by atoms with Crippen molar-refractivity contribution in [2.45, 2.75) is 0 Å². The summed E-state index contributed by atoms with van der Waals surface area (Å²) in [7, 11) is 3.30. The number of carboxylic acid groups (broad SMARTS) is 2. The Bertz CT molecular complexity index is 351. The van der Waals surface area contributed by atoms with Gasteiger partial charge in [0.15, 0.2) is 0 Å². The van der Waals surface area contributed by atoms with Gasteiger partial charge in [-0.3, -0.25) is 0 Å². The maximum atomic E-state index is 10.5. The first-order valence-electron chi connectivity index (χ1n) is 5.08. The molecule has 0 fully saturated rings. The van der Waals surface area contributed by atoms with E-state index in [2.05, 4.69) is 9.47 Å². The van der Waals surface area contributed by atoms with Crippen LogP contribution in [0.4, 0.5) is 0 Å². The third-order valence-electron chi connectivity index (χ3n) is 1.88. The highest BCUT2D eigenvalue weighted by Gasteiger charge is 2.13. The first kappa shape index (κ1) is 16.1. The number of carbonyl (C=O) groups is 2. The number of carboxylic acids is 2. The zero-order valence-electron chi connectivity index (χ0n) is 10.3. The van der Waals surface area contributed by atoms with Crippen molar-refractivity contribution in [3.05, 3.63) is 35.4 Å². The summed E-state index contributed by atoms with van der Waals surface area (Å²) in [5, 5.41) is 17.1. The summed E-state index contributed by atoms with van der Waals surface area (Å²) < 4.78 is 9.31. The van der Waals surface area contributed by atoms with Crippen LogP contribution in [0.15, 0.2) is 24.3 Å². The third kappa shape index (κ3) is 5.97. The predicted molar refractivity (Wildman–Crippen MR) is 64.1 cm³/mol. The number of rotatable bonds is 5. The maximum absolute atomic E-state index is 10.5. The molecular weight excluding hydrogens is 240 g/mol. The van der Waals surface area contributed by atoms with Crippen LogP contribution >= 0.6 is 0 Å². The fourth-order valence-electron chi connectivity index (χ4n) is 1.02. The Morgan fingerprint density at radius 3 is 1.50 bits per heavy atom. The summed E-state index contributed by atoms with van der Waals surface area (Å²) >= 11 is 0. The number of ether oxygens (including phenoxy) is 2. The largest absolute Gasteiger partial charge is 0.478 e. The molecule has 0 heterocycles. The van der Waals surface area contributed by atoms with Crippen LogP contribution in [-0.2, 0) is 9.47 Å². The molecule has 2 N–H and O–H groups in total. The van der Waals surface area contributed by atoms with Crippen molar-refractivity contribution in [1.29, 1.82) is 0 Å². The van der Waals surface area contributed by atoms with E-state index < -0.39 is 11.9 Å². The Labute approximate surface area is 105 Å². The van der Waals surface area contributed by atoms with E-state index in [1.807, 2.05) is 0 Å². The van der Waals surface area contributed by atoms with Gasteiger partial charge >= 0.3 is 11.9 Å². The van der Waals surface area contributed by atoms with E-state index >= 15 is 0 Å². The zero-order chi connectivity index (χ0) is 14.0. The van der Waals surface area contributed by atoms with Crippen LogP contribution in [-0.4, -0.2) is 49.6 Å². The molecule has 0 bridgehead atoms. The van der Waals surface area contributed by atoms with Gasteiger partial charge in [0.1, 0.15) is 0 Å². The summed E-state index contributed by atoms with van der Waals surface area (Å²) in [6, 6.07) is 5.48. The smallest absolute Gasteiger partial charge is 0.336 e. The summed E-state index contributed by atoms with van der Waals surface area (Å²) in [5.41, 5.74) is -0.380. The summed E-state index contributed by atoms with van der Waals surface area (Å²) in [4.78, 5) is 20.9. The molecule has 1 rings (SSSR count). The molecule has 0 aliphatic rings. The zero-order valence-corrected chi connectivity index (χ0v) is 10.3. The van der Waals surface area contributed by atoms with E-state index in [4.69, 9.17) is 10.2 Å². The van der Waals surface area contributed by atoms with Gasteiger partial charge in [-0.2, -0.15) is 0 Å². The van der Waals surface area contributed by atoms with E-state index in [9.17, 15) is 9.59 Å². The fourth-order valence-corrected chi connectivity index (χ4v) is 1.02. The summed E-state index contributed by atoms with van der Waals surface area (Å²) in [6.07, 6.45) is 0. The van der Waals surface area contributed by atoms with E-state index in [1.165, 1.54) is 24.3 Å². The van der Waals surface area contributed by atoms with E-state index in [0.717, 1.165) is 0 Å². The molecule has 1 aromatic carbocycles. The Kier molecular flexibility index (Phi) is 8.17. The predicted octanol–water partition coefficient (Wildman–Crippen LogP) is 1.36. The number of hydrogen-bond acceptors (Lipinski definition) is 4. The van der Waals surface area contributed by atoms with Gasteiger partial charge in [0, 0.05) is 14.2 Å². The minimum absolute atomic E-state index is 0.190. The second-order valence-corrected chi connectivity index (χ2v) is 3.14. The van der Waals surface area contributed by atoms with E-state index in [1.54, 1.807) is 14.2 Å². The average Bonchev–Trinajstić information content (AvgIpc) is 2.37. The SMILES string of the molecule is COCCOC.O=C(O)c1ccccc1C(=O)O. The van der Waals surface area contributed by atoms with Gasteiger partial charge in [-0.25, -0.2) is 9.59 Å². The molecule has 0 atom stereocenters. The van der Waals surface area contributed by atoms with Crippen molar-refractivity contribution in [2.75, 3.05) is 27.4 Å². The van der Waals surface area contributed by atoms with Gasteiger partial charge < -0.3 is 19.7 Å². The fraction of sp³-hybridized carbons (Fsp3) is 0.333. The van der Waals surface area contributed by atoms with Crippen LogP contribution in [0.2, 0.25) is 0 Å². The second-order valence-electron chi connectivity index (χ2n) is 3.14. The molecule has 18 heavy (non-hydrogen) atoms. The van der Waals surface area contributed by atoms with Gasteiger partial charge in [-0.1, -0.05) is 12.1 Å². The van der Waals surface area contributed by atoms with Gasteiger partial charge in [-0.05, 0) is 12.1 Å². The summed E-state index contributed by atoms with van der Waals surface area (Å²) in [6.45, 7) is 1.38.